The van der Waals surface area contributed by atoms with Gasteiger partial charge in [-0.2, -0.15) is 0 Å². The van der Waals surface area contributed by atoms with E-state index >= 15 is 0 Å². The third-order valence-electron chi connectivity index (χ3n) is 3.05. The predicted molar refractivity (Wildman–Crippen MR) is 84.0 cm³/mol. The molecule has 0 fully saturated rings. The van der Waals surface area contributed by atoms with E-state index in [1.807, 2.05) is 0 Å². The van der Waals surface area contributed by atoms with Gasteiger partial charge in [-0.25, -0.2) is 9.59 Å². The lowest BCUT2D eigenvalue weighted by atomic mass is 10.2. The van der Waals surface area contributed by atoms with Crippen LogP contribution in [0.2, 0.25) is 0 Å². The maximum atomic E-state index is 11.4. The first-order valence-electron chi connectivity index (χ1n) is 6.46. The van der Waals surface area contributed by atoms with Crippen LogP contribution in [0.15, 0.2) is 46.2 Å². The Bertz CT molecular complexity index is 693. The second-order valence-corrected chi connectivity index (χ2v) is 5.52. The highest BCUT2D eigenvalue weighted by Gasteiger charge is 2.17. The van der Waals surface area contributed by atoms with Gasteiger partial charge in [-0.05, 0) is 36.4 Å². The molecule has 0 saturated carbocycles. The number of carboxylic acids is 2. The molecule has 0 unspecified atom stereocenters. The van der Waals surface area contributed by atoms with Crippen molar-refractivity contribution in [3.8, 4) is 11.5 Å². The fourth-order valence-electron chi connectivity index (χ4n) is 1.90. The van der Waals surface area contributed by atoms with E-state index in [0.717, 1.165) is 11.8 Å². The number of hydrogen-bond acceptors (Lipinski definition) is 5. The molecule has 0 aliphatic carbocycles. The van der Waals surface area contributed by atoms with E-state index < -0.39 is 11.9 Å². The van der Waals surface area contributed by atoms with Gasteiger partial charge in [0.2, 0.25) is 0 Å². The van der Waals surface area contributed by atoms with Crippen LogP contribution in [0.4, 0.5) is 0 Å². The monoisotopic (exact) mass is 334 g/mol. The van der Waals surface area contributed by atoms with Gasteiger partial charge < -0.3 is 19.7 Å². The van der Waals surface area contributed by atoms with Crippen molar-refractivity contribution in [2.24, 2.45) is 0 Å². The predicted octanol–water partition coefficient (Wildman–Crippen LogP) is 3.25. The number of benzene rings is 2. The van der Waals surface area contributed by atoms with Crippen LogP contribution in [0.5, 0.6) is 11.5 Å². The van der Waals surface area contributed by atoms with Crippen LogP contribution in [0.1, 0.15) is 20.7 Å². The number of ether oxygens (including phenoxy) is 2. The van der Waals surface area contributed by atoms with E-state index in [-0.39, 0.29) is 11.1 Å². The number of methoxy groups -OCH3 is 2. The van der Waals surface area contributed by atoms with Gasteiger partial charge in [0, 0.05) is 9.79 Å². The molecule has 120 valence electrons. The quantitative estimate of drug-likeness (QED) is 0.837. The van der Waals surface area contributed by atoms with Gasteiger partial charge >= 0.3 is 11.9 Å². The largest absolute Gasteiger partial charge is 0.497 e. The third-order valence-corrected chi connectivity index (χ3v) is 4.21. The lowest BCUT2D eigenvalue weighted by Gasteiger charge is -2.11. The van der Waals surface area contributed by atoms with Crippen LogP contribution >= 0.6 is 11.8 Å². The minimum Gasteiger partial charge on any atom is -0.497 e. The topological polar surface area (TPSA) is 93.1 Å². The molecule has 2 aromatic rings. The summed E-state index contributed by atoms with van der Waals surface area (Å²) in [5.74, 6) is -1.39. The Morgan fingerprint density at radius 1 is 0.826 bits per heavy atom. The number of carbonyl (C=O) groups is 2. The highest BCUT2D eigenvalue weighted by atomic mass is 32.2. The molecule has 7 heteroatoms. The zero-order valence-corrected chi connectivity index (χ0v) is 13.2. The number of aromatic carboxylic acids is 2. The molecule has 2 rings (SSSR count). The molecule has 2 N–H and O–H groups in total. The van der Waals surface area contributed by atoms with E-state index in [2.05, 4.69) is 0 Å². The van der Waals surface area contributed by atoms with Gasteiger partial charge in [0.1, 0.15) is 11.5 Å². The molecule has 0 aromatic heterocycles. The third kappa shape index (κ3) is 3.75. The van der Waals surface area contributed by atoms with Crippen molar-refractivity contribution < 1.29 is 29.3 Å². The van der Waals surface area contributed by atoms with Crippen LogP contribution < -0.4 is 9.47 Å². The van der Waals surface area contributed by atoms with Gasteiger partial charge in [0.25, 0.3) is 0 Å². The Labute approximate surface area is 136 Å². The van der Waals surface area contributed by atoms with E-state index in [4.69, 9.17) is 9.47 Å². The smallest absolute Gasteiger partial charge is 0.336 e. The number of carboxylic acid groups (broad SMARTS) is 2. The summed E-state index contributed by atoms with van der Waals surface area (Å²) in [6, 6.07) is 9.21. The first-order chi connectivity index (χ1) is 11.0. The van der Waals surface area contributed by atoms with Crippen molar-refractivity contribution in [1.29, 1.82) is 0 Å². The summed E-state index contributed by atoms with van der Waals surface area (Å²) in [7, 11) is 2.89. The van der Waals surface area contributed by atoms with Crippen LogP contribution in [-0.2, 0) is 0 Å². The Hall–Kier alpha value is -2.67. The summed E-state index contributed by atoms with van der Waals surface area (Å²) < 4.78 is 10.0. The van der Waals surface area contributed by atoms with Gasteiger partial charge in [-0.1, -0.05) is 11.8 Å². The average Bonchev–Trinajstić information content (AvgIpc) is 2.55. The summed E-state index contributed by atoms with van der Waals surface area (Å²) >= 11 is 1.06. The first-order valence-corrected chi connectivity index (χ1v) is 7.28. The van der Waals surface area contributed by atoms with E-state index in [0.29, 0.717) is 21.3 Å². The molecule has 0 spiro atoms. The highest BCUT2D eigenvalue weighted by molar-refractivity contribution is 7.99. The summed E-state index contributed by atoms with van der Waals surface area (Å²) in [6.07, 6.45) is 0. The summed E-state index contributed by atoms with van der Waals surface area (Å²) in [4.78, 5) is 23.6. The Morgan fingerprint density at radius 3 is 1.52 bits per heavy atom. The molecule has 2 aromatic carbocycles. The van der Waals surface area contributed by atoms with Crippen LogP contribution in [0, 0.1) is 0 Å². The second kappa shape index (κ2) is 7.06. The standard InChI is InChI=1S/C16H14O6S/c1-21-9-3-5-13(11(7-9)15(17)18)23-14-6-4-10(22-2)8-12(14)16(19)20/h3-8H,1-2H3,(H,17,18)(H,19,20). The van der Waals surface area contributed by atoms with Crippen molar-refractivity contribution in [3.05, 3.63) is 47.5 Å². The molecule has 6 nitrogen and oxygen atoms in total. The van der Waals surface area contributed by atoms with Crippen molar-refractivity contribution in [3.63, 3.8) is 0 Å². The first kappa shape index (κ1) is 16.7. The molecule has 0 amide bonds. The normalized spacial score (nSPS) is 10.2. The molecule has 0 saturated heterocycles. The Morgan fingerprint density at radius 2 is 1.22 bits per heavy atom. The van der Waals surface area contributed by atoms with Gasteiger partial charge in [0.05, 0.1) is 25.3 Å². The number of rotatable bonds is 6. The minimum atomic E-state index is -1.11. The molecule has 0 atom stereocenters. The SMILES string of the molecule is COc1ccc(Sc2ccc(OC)cc2C(=O)O)c(C(=O)O)c1. The van der Waals surface area contributed by atoms with E-state index in [1.165, 1.54) is 26.4 Å². The fourth-order valence-corrected chi connectivity index (χ4v) is 2.92. The fraction of sp³-hybridized carbons (Fsp3) is 0.125. The average molecular weight is 334 g/mol. The van der Waals surface area contributed by atoms with E-state index in [9.17, 15) is 19.8 Å². The summed E-state index contributed by atoms with van der Waals surface area (Å²) in [5.41, 5.74) is 0.0861. The van der Waals surface area contributed by atoms with Crippen LogP contribution in [0.3, 0.4) is 0 Å². The summed E-state index contributed by atoms with van der Waals surface area (Å²) in [6.45, 7) is 0. The zero-order valence-electron chi connectivity index (χ0n) is 12.4. The van der Waals surface area contributed by atoms with Crippen molar-refractivity contribution >= 4 is 23.7 Å². The molecule has 0 aliphatic rings. The molecular formula is C16H14O6S. The van der Waals surface area contributed by atoms with Gasteiger partial charge in [-0.15, -0.1) is 0 Å². The van der Waals surface area contributed by atoms with Crippen molar-refractivity contribution in [2.75, 3.05) is 14.2 Å². The van der Waals surface area contributed by atoms with Crippen molar-refractivity contribution in [2.45, 2.75) is 9.79 Å². The lowest BCUT2D eigenvalue weighted by molar-refractivity contribution is 0.0683. The minimum absolute atomic E-state index is 0.0431. The molecule has 0 aliphatic heterocycles. The molecule has 0 heterocycles. The van der Waals surface area contributed by atoms with Gasteiger partial charge in [-0.3, -0.25) is 0 Å². The zero-order chi connectivity index (χ0) is 17.0. The van der Waals surface area contributed by atoms with Crippen LogP contribution in [0.25, 0.3) is 0 Å². The maximum absolute atomic E-state index is 11.4. The number of hydrogen-bond donors (Lipinski definition) is 2. The molecule has 0 bridgehead atoms. The van der Waals surface area contributed by atoms with Crippen molar-refractivity contribution in [1.82, 2.24) is 0 Å². The summed E-state index contributed by atoms with van der Waals surface area (Å²) in [5, 5.41) is 18.6. The second-order valence-electron chi connectivity index (χ2n) is 4.44. The molecule has 0 radical (unpaired) electrons. The van der Waals surface area contributed by atoms with Crippen LogP contribution in [-0.4, -0.2) is 36.4 Å². The van der Waals surface area contributed by atoms with E-state index in [1.54, 1.807) is 24.3 Å². The lowest BCUT2D eigenvalue weighted by Crippen LogP contribution is -2.02. The van der Waals surface area contributed by atoms with Gasteiger partial charge in [0.15, 0.2) is 0 Å². The molecule has 23 heavy (non-hydrogen) atoms. The Balaban J connectivity index is 2.47. The maximum Gasteiger partial charge on any atom is 0.336 e. The Kier molecular flexibility index (Phi) is 5.13. The highest BCUT2D eigenvalue weighted by Crippen LogP contribution is 2.36. The molecular weight excluding hydrogens is 320 g/mol.